The topological polar surface area (TPSA) is 77.0 Å². The molecule has 7 heteroatoms. The second kappa shape index (κ2) is 9.80. The van der Waals surface area contributed by atoms with Crippen LogP contribution in [-0.4, -0.2) is 49.7 Å². The van der Waals surface area contributed by atoms with Crippen molar-refractivity contribution in [3.63, 3.8) is 0 Å². The summed E-state index contributed by atoms with van der Waals surface area (Å²) in [6, 6.07) is 1.22. The highest BCUT2D eigenvalue weighted by molar-refractivity contribution is 6.76. The molecule has 4 aliphatic rings. The van der Waals surface area contributed by atoms with Gasteiger partial charge in [-0.2, -0.15) is 0 Å². The molecule has 6 nitrogen and oxygen atoms in total. The van der Waals surface area contributed by atoms with E-state index in [1.807, 2.05) is 6.92 Å². The number of carbonyl (C=O) groups excluding carboxylic acids is 1. The summed E-state index contributed by atoms with van der Waals surface area (Å²) in [5.74, 6) is 0.494. The Balaban J connectivity index is 1.54. The highest BCUT2D eigenvalue weighted by Gasteiger charge is 2.61. The van der Waals surface area contributed by atoms with Crippen molar-refractivity contribution in [3.05, 3.63) is 0 Å². The number of aliphatic hydroxyl groups is 1. The zero-order valence-corrected chi connectivity index (χ0v) is 21.5. The molecule has 1 aliphatic carbocycles. The molecule has 3 heterocycles. The minimum Gasteiger partial charge on any atom is -0.393 e. The molecule has 7 unspecified atom stereocenters. The molecule has 7 atom stereocenters. The number of hydrogen-bond acceptors (Lipinski definition) is 5. The molecule has 3 saturated heterocycles. The van der Waals surface area contributed by atoms with Gasteiger partial charge in [0, 0.05) is 27.5 Å². The van der Waals surface area contributed by atoms with Crippen LogP contribution < -0.4 is 5.32 Å². The number of hydrogen-bond donors (Lipinski definition) is 2. The van der Waals surface area contributed by atoms with Crippen LogP contribution in [0.15, 0.2) is 0 Å². The molecule has 2 N–H and O–H groups in total. The summed E-state index contributed by atoms with van der Waals surface area (Å²) >= 11 is 0. The van der Waals surface area contributed by atoms with Crippen LogP contribution in [0.1, 0.15) is 65.7 Å². The Morgan fingerprint density at radius 2 is 1.97 bits per heavy atom. The van der Waals surface area contributed by atoms with Gasteiger partial charge in [-0.25, -0.2) is 9.78 Å². The van der Waals surface area contributed by atoms with Crippen LogP contribution in [-0.2, 0) is 19.3 Å². The third-order valence-corrected chi connectivity index (χ3v) is 9.95. The van der Waals surface area contributed by atoms with Crippen molar-refractivity contribution >= 4 is 14.0 Å². The lowest BCUT2D eigenvalue weighted by atomic mass is 9.59. The van der Waals surface area contributed by atoms with Crippen molar-refractivity contribution in [2.45, 2.75) is 109 Å². The van der Waals surface area contributed by atoms with Gasteiger partial charge in [0.05, 0.1) is 12.7 Å². The lowest BCUT2D eigenvalue weighted by Gasteiger charge is -2.53. The molecule has 3 aliphatic heterocycles. The van der Waals surface area contributed by atoms with Crippen molar-refractivity contribution in [2.24, 2.45) is 23.7 Å². The highest BCUT2D eigenvalue weighted by atomic mass is 28.3. The molecule has 4 fully saturated rings. The number of carbonyl (C=O) groups is 1. The lowest BCUT2D eigenvalue weighted by Crippen LogP contribution is -2.61. The minimum atomic E-state index is -1.06. The summed E-state index contributed by atoms with van der Waals surface area (Å²) in [6.45, 7) is 14.7. The third-order valence-electron chi connectivity index (χ3n) is 8.10. The number of ether oxygens (including phenoxy) is 1. The van der Waals surface area contributed by atoms with E-state index in [1.165, 1.54) is 6.04 Å². The first-order chi connectivity index (χ1) is 14.5. The predicted octanol–water partition coefficient (Wildman–Crippen LogP) is 4.50. The monoisotopic (exact) mass is 455 g/mol. The van der Waals surface area contributed by atoms with Gasteiger partial charge in [0.1, 0.15) is 5.60 Å². The fourth-order valence-electron chi connectivity index (χ4n) is 5.97. The molecule has 1 saturated carbocycles. The van der Waals surface area contributed by atoms with Crippen molar-refractivity contribution in [1.29, 1.82) is 0 Å². The Bertz CT molecular complexity index is 614. The van der Waals surface area contributed by atoms with E-state index in [2.05, 4.69) is 38.8 Å². The molecular formula is C24H45NO5Si. The van der Waals surface area contributed by atoms with E-state index in [0.29, 0.717) is 31.3 Å². The molecule has 2 bridgehead atoms. The Kier molecular flexibility index (Phi) is 7.95. The van der Waals surface area contributed by atoms with E-state index in [4.69, 9.17) is 14.5 Å². The molecule has 0 radical (unpaired) electrons. The van der Waals surface area contributed by atoms with Gasteiger partial charge in [-0.3, -0.25) is 4.79 Å². The van der Waals surface area contributed by atoms with E-state index in [0.717, 1.165) is 38.6 Å². The van der Waals surface area contributed by atoms with E-state index in [-0.39, 0.29) is 17.7 Å². The van der Waals surface area contributed by atoms with Gasteiger partial charge in [-0.15, -0.1) is 0 Å². The Morgan fingerprint density at radius 1 is 1.23 bits per heavy atom. The van der Waals surface area contributed by atoms with Crippen molar-refractivity contribution < 1.29 is 24.4 Å². The summed E-state index contributed by atoms with van der Waals surface area (Å²) in [4.78, 5) is 24.2. The molecule has 0 aromatic heterocycles. The molecule has 1 spiro atoms. The maximum atomic E-state index is 12.3. The van der Waals surface area contributed by atoms with Crippen molar-refractivity contribution in [3.8, 4) is 0 Å². The van der Waals surface area contributed by atoms with Gasteiger partial charge >= 0.3 is 0 Å². The number of aliphatic hydroxyl groups excluding tert-OH is 1. The van der Waals surface area contributed by atoms with E-state index in [1.54, 1.807) is 0 Å². The SMILES string of the molecule is CC1CCC(C(C)C(O)CCC(=O)NCCC[Si](C)(C)C)C23COC(C)(CCC12)OO3. The van der Waals surface area contributed by atoms with Gasteiger partial charge in [-0.1, -0.05) is 39.5 Å². The van der Waals surface area contributed by atoms with Crippen molar-refractivity contribution in [2.75, 3.05) is 13.2 Å². The fraction of sp³-hybridized carbons (Fsp3) is 0.958. The maximum absolute atomic E-state index is 12.3. The molecule has 180 valence electrons. The highest BCUT2D eigenvalue weighted by Crippen LogP contribution is 2.55. The van der Waals surface area contributed by atoms with Crippen LogP contribution in [0, 0.1) is 23.7 Å². The zero-order chi connectivity index (χ0) is 22.9. The van der Waals surface area contributed by atoms with Crippen LogP contribution in [0.2, 0.25) is 25.7 Å². The average molecular weight is 456 g/mol. The van der Waals surface area contributed by atoms with E-state index >= 15 is 0 Å². The average Bonchev–Trinajstić information content (AvgIpc) is 2.95. The van der Waals surface area contributed by atoms with Gasteiger partial charge < -0.3 is 15.2 Å². The summed E-state index contributed by atoms with van der Waals surface area (Å²) < 4.78 is 6.14. The first-order valence-corrected chi connectivity index (χ1v) is 16.1. The first kappa shape index (κ1) is 25.2. The molecule has 31 heavy (non-hydrogen) atoms. The van der Waals surface area contributed by atoms with Crippen LogP contribution in [0.4, 0.5) is 0 Å². The summed E-state index contributed by atoms with van der Waals surface area (Å²) in [7, 11) is -1.06. The fourth-order valence-corrected chi connectivity index (χ4v) is 7.21. The van der Waals surface area contributed by atoms with Gasteiger partial charge in [0.25, 0.3) is 0 Å². The number of nitrogens with one attached hydrogen (secondary N) is 1. The summed E-state index contributed by atoms with van der Waals surface area (Å²) in [5.41, 5.74) is -0.493. The Labute approximate surface area is 189 Å². The van der Waals surface area contributed by atoms with Gasteiger partial charge in [-0.05, 0) is 62.7 Å². The predicted molar refractivity (Wildman–Crippen MR) is 124 cm³/mol. The number of fused-ring (bicyclic) bond motifs is 3. The first-order valence-electron chi connectivity index (χ1n) is 12.4. The molecular weight excluding hydrogens is 410 g/mol. The van der Waals surface area contributed by atoms with Crippen LogP contribution in [0.25, 0.3) is 0 Å². The minimum absolute atomic E-state index is 0.0179. The largest absolute Gasteiger partial charge is 0.393 e. The molecule has 0 aromatic carbocycles. The van der Waals surface area contributed by atoms with Crippen LogP contribution >= 0.6 is 0 Å². The second-order valence-corrected chi connectivity index (χ2v) is 17.5. The molecule has 0 aromatic rings. The Morgan fingerprint density at radius 3 is 2.61 bits per heavy atom. The van der Waals surface area contributed by atoms with Crippen LogP contribution in [0.3, 0.4) is 0 Å². The van der Waals surface area contributed by atoms with Gasteiger partial charge in [0.2, 0.25) is 5.91 Å². The quantitative estimate of drug-likeness (QED) is 0.304. The standard InChI is InChI=1S/C24H45NO5Si/c1-17-8-9-20(24-16-28-23(3,29-30-24)13-12-19(17)24)18(2)21(26)10-11-22(27)25-14-7-15-31(4,5)6/h17-21,26H,7-16H2,1-6H3,(H,25,27). The number of amides is 1. The maximum Gasteiger partial charge on any atom is 0.220 e. The van der Waals surface area contributed by atoms with Crippen molar-refractivity contribution in [1.82, 2.24) is 5.32 Å². The number of rotatable bonds is 9. The zero-order valence-electron chi connectivity index (χ0n) is 20.5. The van der Waals surface area contributed by atoms with Gasteiger partial charge in [0.15, 0.2) is 5.79 Å². The lowest BCUT2D eigenvalue weighted by molar-refractivity contribution is -0.517. The van der Waals surface area contributed by atoms with E-state index in [9.17, 15) is 9.90 Å². The third kappa shape index (κ3) is 5.91. The summed E-state index contributed by atoms with van der Waals surface area (Å²) in [6.07, 6.45) is 5.33. The second-order valence-electron chi connectivity index (χ2n) is 11.8. The van der Waals surface area contributed by atoms with Crippen LogP contribution in [0.5, 0.6) is 0 Å². The Hall–Kier alpha value is -0.473. The molecule has 4 rings (SSSR count). The smallest absolute Gasteiger partial charge is 0.220 e. The molecule has 1 amide bonds. The normalized spacial score (nSPS) is 37.6. The summed E-state index contributed by atoms with van der Waals surface area (Å²) in [5, 5.41) is 14.0. The van der Waals surface area contributed by atoms with E-state index < -0.39 is 25.6 Å².